The van der Waals surface area contributed by atoms with Gasteiger partial charge in [0.05, 0.1) is 9.82 Å². The maximum absolute atomic E-state index is 12.4. The van der Waals surface area contributed by atoms with Crippen LogP contribution in [0.5, 0.6) is 0 Å². The Kier molecular flexibility index (Phi) is 3.93. The van der Waals surface area contributed by atoms with E-state index in [1.165, 1.54) is 16.4 Å². The highest BCUT2D eigenvalue weighted by Gasteiger charge is 2.29. The molecule has 2 N–H and O–H groups in total. The van der Waals surface area contributed by atoms with Crippen LogP contribution in [0.2, 0.25) is 0 Å². The highest BCUT2D eigenvalue weighted by atomic mass is 32.2. The van der Waals surface area contributed by atoms with E-state index < -0.39 is 14.9 Å². The zero-order valence-electron chi connectivity index (χ0n) is 11.0. The molecule has 1 aliphatic rings. The number of nitrogen functional groups attached to an aromatic ring is 1. The van der Waals surface area contributed by atoms with Crippen molar-refractivity contribution in [1.82, 2.24) is 9.21 Å². The molecule has 1 heterocycles. The first kappa shape index (κ1) is 14.7. The molecule has 0 aliphatic carbocycles. The quantitative estimate of drug-likeness (QED) is 0.482. The molecule has 0 unspecified atom stereocenters. The molecule has 1 aromatic carbocycles. The molecule has 1 saturated heterocycles. The van der Waals surface area contributed by atoms with E-state index in [4.69, 9.17) is 5.73 Å². The van der Waals surface area contributed by atoms with E-state index in [1.54, 1.807) is 0 Å². The number of rotatable bonds is 3. The molecule has 0 bridgehead atoms. The molecule has 1 aliphatic heterocycles. The molecule has 0 amide bonds. The van der Waals surface area contributed by atoms with Gasteiger partial charge >= 0.3 is 0 Å². The van der Waals surface area contributed by atoms with Crippen LogP contribution in [-0.4, -0.2) is 55.8 Å². The minimum Gasteiger partial charge on any atom is -0.393 e. The Bertz CT molecular complexity index is 623. The van der Waals surface area contributed by atoms with E-state index in [2.05, 4.69) is 0 Å². The third kappa shape index (κ3) is 2.74. The lowest BCUT2D eigenvalue weighted by Gasteiger charge is -2.31. The Hall–Kier alpha value is -1.71. The summed E-state index contributed by atoms with van der Waals surface area (Å²) in [6.45, 7) is 2.01. The Morgan fingerprint density at radius 1 is 1.25 bits per heavy atom. The first-order chi connectivity index (χ1) is 9.32. The molecule has 0 radical (unpaired) electrons. The SMILES string of the molecule is CN1CCN(S(=O)(=O)c2ccc(N)c([N+](=O)[O-])c2)CC1. The smallest absolute Gasteiger partial charge is 0.293 e. The van der Waals surface area contributed by atoms with Gasteiger partial charge in [0.25, 0.3) is 5.69 Å². The minimum absolute atomic E-state index is 0.0488. The number of piperazine rings is 1. The summed E-state index contributed by atoms with van der Waals surface area (Å²) < 4.78 is 26.2. The van der Waals surface area contributed by atoms with Gasteiger partial charge in [-0.2, -0.15) is 4.31 Å². The Labute approximate surface area is 117 Å². The summed E-state index contributed by atoms with van der Waals surface area (Å²) in [5, 5.41) is 10.8. The van der Waals surface area contributed by atoms with Crippen molar-refractivity contribution in [2.75, 3.05) is 39.0 Å². The van der Waals surface area contributed by atoms with E-state index in [1.807, 2.05) is 11.9 Å². The van der Waals surface area contributed by atoms with Crippen molar-refractivity contribution in [3.63, 3.8) is 0 Å². The molecular weight excluding hydrogens is 284 g/mol. The Morgan fingerprint density at radius 2 is 1.85 bits per heavy atom. The fourth-order valence-corrected chi connectivity index (χ4v) is 3.46. The zero-order valence-corrected chi connectivity index (χ0v) is 11.8. The summed E-state index contributed by atoms with van der Waals surface area (Å²) in [5.41, 5.74) is 5.04. The molecule has 0 atom stereocenters. The number of hydrogen-bond donors (Lipinski definition) is 1. The molecule has 0 aromatic heterocycles. The first-order valence-electron chi connectivity index (χ1n) is 6.05. The fourth-order valence-electron chi connectivity index (χ4n) is 2.02. The van der Waals surface area contributed by atoms with Crippen LogP contribution >= 0.6 is 0 Å². The standard InChI is InChI=1S/C11H16N4O4S/c1-13-4-6-14(7-5-13)20(18,19)9-2-3-10(12)11(8-9)15(16)17/h2-3,8H,4-7,12H2,1H3. The Morgan fingerprint density at radius 3 is 2.40 bits per heavy atom. The van der Waals surface area contributed by atoms with Crippen LogP contribution in [0.4, 0.5) is 11.4 Å². The third-order valence-corrected chi connectivity index (χ3v) is 5.19. The summed E-state index contributed by atoms with van der Waals surface area (Å²) in [5.74, 6) is 0. The molecule has 110 valence electrons. The number of nitro benzene ring substituents is 1. The van der Waals surface area contributed by atoms with E-state index in [9.17, 15) is 18.5 Å². The van der Waals surface area contributed by atoms with Crippen molar-refractivity contribution < 1.29 is 13.3 Å². The van der Waals surface area contributed by atoms with Gasteiger partial charge in [0.1, 0.15) is 5.69 Å². The number of hydrogen-bond acceptors (Lipinski definition) is 6. The highest BCUT2D eigenvalue weighted by Crippen LogP contribution is 2.26. The van der Waals surface area contributed by atoms with Gasteiger partial charge in [0.2, 0.25) is 10.0 Å². The summed E-state index contributed by atoms with van der Waals surface area (Å²) in [6.07, 6.45) is 0. The van der Waals surface area contributed by atoms with Crippen LogP contribution in [0.25, 0.3) is 0 Å². The van der Waals surface area contributed by atoms with E-state index in [0.717, 1.165) is 6.07 Å². The van der Waals surface area contributed by atoms with Crippen molar-refractivity contribution >= 4 is 21.4 Å². The van der Waals surface area contributed by atoms with Gasteiger partial charge in [0, 0.05) is 32.2 Å². The van der Waals surface area contributed by atoms with Crippen molar-refractivity contribution in [2.45, 2.75) is 4.90 Å². The minimum atomic E-state index is -3.71. The number of anilines is 1. The molecule has 20 heavy (non-hydrogen) atoms. The van der Waals surface area contributed by atoms with Crippen molar-refractivity contribution in [2.24, 2.45) is 0 Å². The first-order valence-corrected chi connectivity index (χ1v) is 7.49. The van der Waals surface area contributed by atoms with Gasteiger partial charge in [0.15, 0.2) is 0 Å². The van der Waals surface area contributed by atoms with Crippen LogP contribution in [-0.2, 0) is 10.0 Å². The predicted molar refractivity (Wildman–Crippen MR) is 73.8 cm³/mol. The largest absolute Gasteiger partial charge is 0.393 e. The van der Waals surface area contributed by atoms with Crippen molar-refractivity contribution in [3.8, 4) is 0 Å². The normalized spacial score (nSPS) is 18.1. The van der Waals surface area contributed by atoms with Crippen LogP contribution in [0.3, 0.4) is 0 Å². The highest BCUT2D eigenvalue weighted by molar-refractivity contribution is 7.89. The lowest BCUT2D eigenvalue weighted by atomic mass is 10.3. The second-order valence-corrected chi connectivity index (χ2v) is 6.62. The summed E-state index contributed by atoms with van der Waals surface area (Å²) in [7, 11) is -1.80. The van der Waals surface area contributed by atoms with Gasteiger partial charge in [-0.15, -0.1) is 0 Å². The van der Waals surface area contributed by atoms with Crippen LogP contribution < -0.4 is 5.73 Å². The summed E-state index contributed by atoms with van der Waals surface area (Å²) >= 11 is 0. The van der Waals surface area contributed by atoms with E-state index >= 15 is 0 Å². The van der Waals surface area contributed by atoms with Gasteiger partial charge in [-0.1, -0.05) is 0 Å². The van der Waals surface area contributed by atoms with Crippen LogP contribution in [0, 0.1) is 10.1 Å². The number of sulfonamides is 1. The topological polar surface area (TPSA) is 110 Å². The zero-order chi connectivity index (χ0) is 14.9. The van der Waals surface area contributed by atoms with E-state index in [0.29, 0.717) is 26.2 Å². The number of benzene rings is 1. The van der Waals surface area contributed by atoms with Crippen LogP contribution in [0.1, 0.15) is 0 Å². The molecule has 2 rings (SSSR count). The average Bonchev–Trinajstić information content (AvgIpc) is 2.39. The maximum atomic E-state index is 12.4. The maximum Gasteiger partial charge on any atom is 0.293 e. The number of likely N-dealkylation sites (N-methyl/N-ethyl adjacent to an activating group) is 1. The third-order valence-electron chi connectivity index (χ3n) is 3.30. The molecule has 1 aromatic rings. The summed E-state index contributed by atoms with van der Waals surface area (Å²) in [6, 6.07) is 3.57. The van der Waals surface area contributed by atoms with E-state index in [-0.39, 0.29) is 16.3 Å². The number of nitrogens with zero attached hydrogens (tertiary/aromatic N) is 3. The predicted octanol–water partition coefficient (Wildman–Crippen LogP) is 0.113. The molecule has 0 saturated carbocycles. The summed E-state index contributed by atoms with van der Waals surface area (Å²) in [4.78, 5) is 12.1. The monoisotopic (exact) mass is 300 g/mol. The van der Waals surface area contributed by atoms with Gasteiger partial charge in [-0.3, -0.25) is 10.1 Å². The molecule has 1 fully saturated rings. The molecule has 8 nitrogen and oxygen atoms in total. The fraction of sp³-hybridized carbons (Fsp3) is 0.455. The molecule has 9 heteroatoms. The average molecular weight is 300 g/mol. The number of nitro groups is 1. The van der Waals surface area contributed by atoms with Crippen molar-refractivity contribution in [3.05, 3.63) is 28.3 Å². The lowest BCUT2D eigenvalue weighted by molar-refractivity contribution is -0.384. The second kappa shape index (κ2) is 5.35. The molecular formula is C11H16N4O4S. The molecule has 0 spiro atoms. The van der Waals surface area contributed by atoms with Crippen LogP contribution in [0.15, 0.2) is 23.1 Å². The Balaban J connectivity index is 2.35. The second-order valence-electron chi connectivity index (χ2n) is 4.69. The van der Waals surface area contributed by atoms with Gasteiger partial charge < -0.3 is 10.6 Å². The van der Waals surface area contributed by atoms with Gasteiger partial charge in [-0.25, -0.2) is 8.42 Å². The number of nitrogens with two attached hydrogens (primary N) is 1. The lowest BCUT2D eigenvalue weighted by Crippen LogP contribution is -2.47. The van der Waals surface area contributed by atoms with Gasteiger partial charge in [-0.05, 0) is 19.2 Å². The van der Waals surface area contributed by atoms with Crippen molar-refractivity contribution in [1.29, 1.82) is 0 Å².